The first-order chi connectivity index (χ1) is 13.7. The largest absolute Gasteiger partial charge is 0.497 e. The topological polar surface area (TPSA) is 117 Å². The molecule has 0 atom stereocenters. The number of anilines is 1. The van der Waals surface area contributed by atoms with Crippen molar-refractivity contribution >= 4 is 29.8 Å². The van der Waals surface area contributed by atoms with Crippen molar-refractivity contribution in [3.63, 3.8) is 0 Å². The number of amides is 1. The van der Waals surface area contributed by atoms with E-state index in [1.807, 2.05) is 24.3 Å². The van der Waals surface area contributed by atoms with Crippen LogP contribution in [0.4, 0.5) is 5.95 Å². The molecule has 0 bridgehead atoms. The number of furan rings is 1. The average molecular weight is 400 g/mol. The molecule has 10 heteroatoms. The lowest BCUT2D eigenvalue weighted by molar-refractivity contribution is -0.118. The maximum absolute atomic E-state index is 11.9. The lowest BCUT2D eigenvalue weighted by Crippen LogP contribution is -2.27. The zero-order chi connectivity index (χ0) is 19.6. The Balaban J connectivity index is 1.34. The van der Waals surface area contributed by atoms with Crippen LogP contribution in [0.5, 0.6) is 5.75 Å². The number of nitrogens with zero attached hydrogens (tertiary/aromatic N) is 3. The Hall–Kier alpha value is -3.27. The van der Waals surface area contributed by atoms with Crippen LogP contribution in [0.1, 0.15) is 11.3 Å². The number of hydrazone groups is 1. The normalized spacial score (nSPS) is 10.9. The number of methoxy groups -OCH3 is 1. The lowest BCUT2D eigenvalue weighted by atomic mass is 10.1. The molecule has 0 saturated heterocycles. The van der Waals surface area contributed by atoms with E-state index in [-0.39, 0.29) is 11.7 Å². The number of aromatic amines is 1. The molecule has 3 N–H and O–H groups in total. The van der Waals surface area contributed by atoms with Crippen LogP contribution in [0.2, 0.25) is 0 Å². The summed E-state index contributed by atoms with van der Waals surface area (Å²) in [6, 6.07) is 11.3. The Morgan fingerprint density at radius 3 is 2.96 bits per heavy atom. The Kier molecular flexibility index (Phi) is 7.08. The van der Waals surface area contributed by atoms with Crippen LogP contribution in [0.3, 0.4) is 0 Å². The summed E-state index contributed by atoms with van der Waals surface area (Å²) in [5, 5.41) is 14.0. The van der Waals surface area contributed by atoms with Gasteiger partial charge in [-0.2, -0.15) is 10.1 Å². The Bertz CT molecular complexity index is 892. The summed E-state index contributed by atoms with van der Waals surface area (Å²) >= 11 is 1.24. The molecule has 0 aliphatic carbocycles. The second-order valence-electron chi connectivity index (χ2n) is 5.59. The molecular formula is C18H20N6O3S. The molecule has 0 unspecified atom stereocenters. The zero-order valence-electron chi connectivity index (χ0n) is 15.2. The predicted octanol–water partition coefficient (Wildman–Crippen LogP) is 2.30. The summed E-state index contributed by atoms with van der Waals surface area (Å²) in [4.78, 5) is 16.1. The number of nitrogens with one attached hydrogen (secondary N) is 3. The van der Waals surface area contributed by atoms with Crippen molar-refractivity contribution in [2.45, 2.75) is 11.6 Å². The molecule has 2 aromatic heterocycles. The van der Waals surface area contributed by atoms with Crippen LogP contribution in [-0.4, -0.2) is 46.7 Å². The molecule has 0 aliphatic heterocycles. The number of H-pyrrole nitrogens is 1. The first-order valence-electron chi connectivity index (χ1n) is 8.50. The van der Waals surface area contributed by atoms with Crippen molar-refractivity contribution in [1.82, 2.24) is 20.5 Å². The van der Waals surface area contributed by atoms with Crippen molar-refractivity contribution in [3.05, 3.63) is 54.0 Å². The minimum atomic E-state index is -0.0753. The molecular weight excluding hydrogens is 380 g/mol. The molecule has 2 heterocycles. The molecule has 3 rings (SSSR count). The van der Waals surface area contributed by atoms with E-state index in [0.717, 1.165) is 17.7 Å². The fourth-order valence-corrected chi connectivity index (χ4v) is 2.83. The van der Waals surface area contributed by atoms with E-state index < -0.39 is 0 Å². The van der Waals surface area contributed by atoms with Crippen LogP contribution < -0.4 is 15.5 Å². The van der Waals surface area contributed by atoms with E-state index in [1.165, 1.54) is 18.0 Å². The number of rotatable bonds is 10. The molecule has 0 fully saturated rings. The van der Waals surface area contributed by atoms with Gasteiger partial charge in [0.2, 0.25) is 17.0 Å². The van der Waals surface area contributed by atoms with E-state index in [0.29, 0.717) is 23.4 Å². The maximum atomic E-state index is 11.9. The fraction of sp³-hybridized carbons (Fsp3) is 0.222. The first-order valence-corrected chi connectivity index (χ1v) is 9.49. The van der Waals surface area contributed by atoms with Crippen molar-refractivity contribution in [2.24, 2.45) is 5.10 Å². The van der Waals surface area contributed by atoms with Crippen molar-refractivity contribution < 1.29 is 13.9 Å². The zero-order valence-corrected chi connectivity index (χ0v) is 16.0. The maximum Gasteiger partial charge on any atom is 0.240 e. The lowest BCUT2D eigenvalue weighted by Gasteiger charge is -2.05. The third kappa shape index (κ3) is 6.16. The van der Waals surface area contributed by atoms with Crippen LogP contribution in [0.25, 0.3) is 0 Å². The predicted molar refractivity (Wildman–Crippen MR) is 107 cm³/mol. The summed E-state index contributed by atoms with van der Waals surface area (Å²) in [5.41, 5.74) is 3.84. The molecule has 0 saturated carbocycles. The van der Waals surface area contributed by atoms with Gasteiger partial charge in [-0.3, -0.25) is 4.79 Å². The number of carbonyl (C=O) groups is 1. The molecule has 28 heavy (non-hydrogen) atoms. The molecule has 0 radical (unpaired) electrons. The van der Waals surface area contributed by atoms with E-state index >= 15 is 0 Å². The number of hydrogen-bond acceptors (Lipinski definition) is 8. The van der Waals surface area contributed by atoms with Crippen LogP contribution >= 0.6 is 11.8 Å². The van der Waals surface area contributed by atoms with Gasteiger partial charge in [-0.25, -0.2) is 10.5 Å². The quantitative estimate of drug-likeness (QED) is 0.271. The summed E-state index contributed by atoms with van der Waals surface area (Å²) in [7, 11) is 1.63. The van der Waals surface area contributed by atoms with Crippen molar-refractivity contribution in [1.29, 1.82) is 0 Å². The molecule has 3 aromatic rings. The summed E-state index contributed by atoms with van der Waals surface area (Å²) in [5.74, 6) is 1.97. The van der Waals surface area contributed by atoms with Gasteiger partial charge in [0, 0.05) is 6.54 Å². The first kappa shape index (κ1) is 19.5. The van der Waals surface area contributed by atoms with E-state index in [9.17, 15) is 4.79 Å². The Labute approximate surface area is 166 Å². The third-order valence-electron chi connectivity index (χ3n) is 3.60. The number of benzene rings is 1. The van der Waals surface area contributed by atoms with Gasteiger partial charge in [0.25, 0.3) is 0 Å². The number of carbonyl (C=O) groups excluding carboxylic acids is 1. The van der Waals surface area contributed by atoms with Gasteiger partial charge in [-0.05, 0) is 36.2 Å². The van der Waals surface area contributed by atoms with E-state index in [4.69, 9.17) is 9.15 Å². The van der Waals surface area contributed by atoms with Gasteiger partial charge in [0.15, 0.2) is 0 Å². The molecule has 1 amide bonds. The highest BCUT2D eigenvalue weighted by Gasteiger charge is 2.07. The average Bonchev–Trinajstić information content (AvgIpc) is 3.39. The van der Waals surface area contributed by atoms with Gasteiger partial charge >= 0.3 is 0 Å². The summed E-state index contributed by atoms with van der Waals surface area (Å²) in [6.07, 6.45) is 3.83. The monoisotopic (exact) mass is 400 g/mol. The summed E-state index contributed by atoms with van der Waals surface area (Å²) < 4.78 is 10.2. The van der Waals surface area contributed by atoms with E-state index in [1.54, 1.807) is 25.5 Å². The van der Waals surface area contributed by atoms with Crippen LogP contribution in [0, 0.1) is 0 Å². The van der Waals surface area contributed by atoms with Gasteiger partial charge < -0.3 is 14.5 Å². The number of thioether (sulfide) groups is 1. The Morgan fingerprint density at radius 2 is 2.21 bits per heavy atom. The number of hydrogen-bond donors (Lipinski definition) is 3. The van der Waals surface area contributed by atoms with Crippen molar-refractivity contribution in [3.8, 4) is 5.75 Å². The van der Waals surface area contributed by atoms with Gasteiger partial charge in [0.1, 0.15) is 11.5 Å². The van der Waals surface area contributed by atoms with Gasteiger partial charge in [0.05, 0.1) is 25.3 Å². The van der Waals surface area contributed by atoms with E-state index in [2.05, 4.69) is 31.0 Å². The highest BCUT2D eigenvalue weighted by atomic mass is 32.2. The molecule has 9 nitrogen and oxygen atoms in total. The van der Waals surface area contributed by atoms with Crippen molar-refractivity contribution in [2.75, 3.05) is 24.8 Å². The molecule has 0 aliphatic rings. The highest BCUT2D eigenvalue weighted by molar-refractivity contribution is 7.99. The fourth-order valence-electron chi connectivity index (χ4n) is 2.20. The molecule has 146 valence electrons. The van der Waals surface area contributed by atoms with Gasteiger partial charge in [-0.15, -0.1) is 5.10 Å². The summed E-state index contributed by atoms with van der Waals surface area (Å²) in [6.45, 7) is 0.564. The Morgan fingerprint density at radius 1 is 1.36 bits per heavy atom. The highest BCUT2D eigenvalue weighted by Crippen LogP contribution is 2.14. The SMILES string of the molecule is COc1ccc(CCNC(=O)CSc2n[nH]c(N/N=C\c3ccco3)n2)cc1. The third-order valence-corrected chi connectivity index (χ3v) is 4.44. The standard InChI is InChI=1S/C18H20N6O3S/c1-26-14-6-4-13(5-7-14)8-9-19-16(25)12-28-18-21-17(23-24-18)22-20-11-15-3-2-10-27-15/h2-7,10-11H,8-9,12H2,1H3,(H,19,25)(H2,21,22,23,24)/b20-11-. The molecule has 0 spiro atoms. The second kappa shape index (κ2) is 10.2. The second-order valence-corrected chi connectivity index (χ2v) is 6.53. The van der Waals surface area contributed by atoms with Gasteiger partial charge in [-0.1, -0.05) is 23.9 Å². The number of aromatic nitrogens is 3. The van der Waals surface area contributed by atoms with Crippen LogP contribution in [-0.2, 0) is 11.2 Å². The van der Waals surface area contributed by atoms with Crippen LogP contribution in [0.15, 0.2) is 57.3 Å². The minimum absolute atomic E-state index is 0.0753. The number of ether oxygens (including phenoxy) is 1. The smallest absolute Gasteiger partial charge is 0.240 e. The molecule has 1 aromatic carbocycles. The minimum Gasteiger partial charge on any atom is -0.497 e.